The Bertz CT molecular complexity index is 6080. The van der Waals surface area contributed by atoms with Crippen molar-refractivity contribution in [2.24, 2.45) is 0 Å². The van der Waals surface area contributed by atoms with E-state index in [4.69, 9.17) is 0 Å². The Kier molecular flexibility index (Phi) is 47.3. The first-order valence-corrected chi connectivity index (χ1v) is 55.9. The minimum atomic E-state index is -0.00210. The van der Waals surface area contributed by atoms with Gasteiger partial charge in [0.15, 0.2) is 0 Å². The van der Waals surface area contributed by atoms with Gasteiger partial charge < -0.3 is 0 Å². The van der Waals surface area contributed by atoms with Crippen molar-refractivity contribution >= 4 is 0 Å². The summed E-state index contributed by atoms with van der Waals surface area (Å²) in [4.78, 5) is 0. The number of fused-ring (bicyclic) bond motifs is 22. The van der Waals surface area contributed by atoms with Gasteiger partial charge in [0.25, 0.3) is 0 Å². The zero-order chi connectivity index (χ0) is 105. The van der Waals surface area contributed by atoms with Crippen LogP contribution in [0.2, 0.25) is 0 Å². The van der Waals surface area contributed by atoms with Crippen LogP contribution in [0.1, 0.15) is 531 Å². The van der Waals surface area contributed by atoms with E-state index < -0.39 is 0 Å². The molecule has 10 atom stereocenters. The van der Waals surface area contributed by atoms with Gasteiger partial charge in [-0.1, -0.05) is 319 Å². The highest BCUT2D eigenvalue weighted by Crippen LogP contribution is 2.56. The molecule has 12 aromatic carbocycles. The molecule has 0 heteroatoms. The lowest BCUT2D eigenvalue weighted by Crippen LogP contribution is -2.21. The highest BCUT2D eigenvalue weighted by atomic mass is 14.4. The lowest BCUT2D eigenvalue weighted by molar-refractivity contribution is 0.599. The minimum absolute atomic E-state index is 0.00210. The Hall–Kier alpha value is -9.36. The second-order valence-corrected chi connectivity index (χ2v) is 38.6. The number of hydrogen-bond acceptors (Lipinski definition) is 0. The molecule has 0 fully saturated rings. The predicted octanol–water partition coefficient (Wildman–Crippen LogP) is 42.2. The summed E-state index contributed by atoms with van der Waals surface area (Å²) in [6.45, 7) is 112. The first-order valence-electron chi connectivity index (χ1n) is 55.9. The summed E-state index contributed by atoms with van der Waals surface area (Å²) in [7, 11) is 0. The number of hydrogen-bond donors (Lipinski definition) is 0. The van der Waals surface area contributed by atoms with Gasteiger partial charge >= 0.3 is 0 Å². The Morgan fingerprint density at radius 1 is 0.129 bits per heavy atom. The largest absolute Gasteiger partial charge is 0.0683 e. The smallest absolute Gasteiger partial charge is 0.0104 e. The quantitative estimate of drug-likeness (QED) is 0.154. The van der Waals surface area contributed by atoms with Crippen molar-refractivity contribution in [3.63, 3.8) is 0 Å². The van der Waals surface area contributed by atoms with E-state index >= 15 is 0 Å². The summed E-state index contributed by atoms with van der Waals surface area (Å²) < 4.78 is 0. The summed E-state index contributed by atoms with van der Waals surface area (Å²) in [5.41, 5.74) is 68.5. The van der Waals surface area contributed by atoms with Crippen molar-refractivity contribution in [3.8, 4) is 0 Å². The maximum atomic E-state index is 2.85. The lowest BCUT2D eigenvalue weighted by Gasteiger charge is -2.37. The molecule has 0 saturated heterocycles. The van der Waals surface area contributed by atoms with Crippen LogP contribution in [0.3, 0.4) is 0 Å². The summed E-state index contributed by atoms with van der Waals surface area (Å²) >= 11 is 0. The third-order valence-electron chi connectivity index (χ3n) is 31.0. The Morgan fingerprint density at radius 3 is 0.482 bits per heavy atom. The molecule has 0 nitrogen and oxygen atoms in total. The summed E-state index contributed by atoms with van der Waals surface area (Å²) in [6.07, 6.45) is 6.57. The highest BCUT2D eigenvalue weighted by molar-refractivity contribution is 5.64. The number of benzene rings is 12. The fourth-order valence-corrected chi connectivity index (χ4v) is 24.6. The standard InChI is InChI=1S/C115H126.12C2H6/c1-58-29-65(8)90(41-59(58)2)108-54-111-99-49-98(73(16)36-74(99)17)110(95-46-89(64(7)33-70(95)13)83(26)88-45-94(108)69(12)32-63(88)6)56-114-104-52-102(77(20)39-79(104)22)112-55-109-91-44-86(62(5)31-66(91)9)43-85-42-84(60(3)30-61(85)4)27-28-87(92-47-96(109)71(14)34-67(92)10)93-48-97(72(15)35-68(93)11)113(103-51-101(112)76(19)38-78(103)21)57-115(106-50-100(111)75(18)37-81(106)24)107-53-105(114)80(23)40-82(107)25;12*1-2/h29-42,44-53,83,87,108-115H,27-28,43,54-57H2,1-26H3;12*1-2H3. The van der Waals surface area contributed by atoms with E-state index in [0.717, 1.165) is 44.9 Å². The molecule has 0 N–H and O–H groups in total. The number of aryl methyl sites for hydroxylation is 26. The predicted molar refractivity (Wildman–Crippen MR) is 626 cm³/mol. The molecule has 0 aliphatic heterocycles. The van der Waals surface area contributed by atoms with E-state index in [1.807, 2.05) is 166 Å². The van der Waals surface area contributed by atoms with Crippen LogP contribution in [0.15, 0.2) is 146 Å². The third kappa shape index (κ3) is 24.9. The minimum Gasteiger partial charge on any atom is -0.0683 e. The average Bonchev–Trinajstić information content (AvgIpc) is 0.728. The lowest BCUT2D eigenvalue weighted by atomic mass is 9.66. The van der Waals surface area contributed by atoms with E-state index in [1.54, 1.807) is 0 Å². The molecule has 10 unspecified atom stereocenters. The first-order chi connectivity index (χ1) is 66.7. The number of rotatable bonds is 1. The van der Waals surface area contributed by atoms with Crippen LogP contribution in [0.25, 0.3) is 0 Å². The molecule has 0 spiro atoms. The zero-order valence-corrected chi connectivity index (χ0v) is 98.6. The van der Waals surface area contributed by atoms with E-state index in [2.05, 4.69) is 326 Å². The van der Waals surface area contributed by atoms with Crippen molar-refractivity contribution in [1.82, 2.24) is 0 Å². The average molecular weight is 1870 g/mol. The fourth-order valence-electron chi connectivity index (χ4n) is 24.6. The molecule has 139 heavy (non-hydrogen) atoms. The molecule has 0 amide bonds. The Balaban J connectivity index is 0.00000132. The third-order valence-corrected chi connectivity index (χ3v) is 31.0. The molecule has 0 aromatic heterocycles. The molecule has 5 aliphatic carbocycles. The zero-order valence-electron chi connectivity index (χ0n) is 98.6. The summed E-state index contributed by atoms with van der Waals surface area (Å²) in [6, 6.07) is 64.5. The maximum absolute atomic E-state index is 2.85. The Labute approximate surface area is 857 Å². The molecular formula is C139H198. The van der Waals surface area contributed by atoms with Crippen LogP contribution in [0.5, 0.6) is 0 Å². The van der Waals surface area contributed by atoms with Crippen molar-refractivity contribution < 1.29 is 0 Å². The SMILES string of the molecule is CC.CC.CC.CC.CC.CC.CC.CC.CC.CC.CC.CC.Cc1cc(C)c(C2CC3c4cc(c(C)cc4C)C(CC4c5cc(c(C)cc5C)C5CC6c7cc(c(C)cc7C)Cc7cc(c(C)cc7C)CCC(c7cc6c(C)cc7C)c6cc(c(C)cc6C)C(CC(c6cc3c(C)cc6C)c3cc4c(C)cc3C)c3cc5c(C)cc3C)c3cc(c(C)cc3C)C(C)c3cc2c(C)cc3C)cc1C. The molecule has 30 bridgehead atoms. The molecule has 0 saturated carbocycles. The molecule has 0 heterocycles. The molecule has 5 aliphatic rings. The Morgan fingerprint density at radius 2 is 0.266 bits per heavy atom. The summed E-state index contributed by atoms with van der Waals surface area (Å²) in [5.74, 6) is 0.548. The van der Waals surface area contributed by atoms with Gasteiger partial charge in [0.2, 0.25) is 0 Å². The van der Waals surface area contributed by atoms with E-state index in [9.17, 15) is 0 Å². The van der Waals surface area contributed by atoms with Crippen LogP contribution in [0, 0.1) is 173 Å². The maximum Gasteiger partial charge on any atom is 0.0104 e. The molecule has 0 radical (unpaired) electrons. The molecular weight excluding hydrogens is 1670 g/mol. The first kappa shape index (κ1) is 120. The van der Waals surface area contributed by atoms with Gasteiger partial charge in [-0.2, -0.15) is 0 Å². The second kappa shape index (κ2) is 54.8. The van der Waals surface area contributed by atoms with Crippen molar-refractivity contribution in [1.29, 1.82) is 0 Å². The van der Waals surface area contributed by atoms with Crippen molar-refractivity contribution in [2.45, 2.75) is 450 Å². The molecule has 754 valence electrons. The topological polar surface area (TPSA) is 0 Å². The van der Waals surface area contributed by atoms with Gasteiger partial charge in [-0.3, -0.25) is 0 Å². The van der Waals surface area contributed by atoms with E-state index in [-0.39, 0.29) is 59.2 Å². The van der Waals surface area contributed by atoms with Gasteiger partial charge in [0.1, 0.15) is 0 Å². The normalized spacial score (nSPS) is 17.7. The van der Waals surface area contributed by atoms with Crippen LogP contribution < -0.4 is 0 Å². The summed E-state index contributed by atoms with van der Waals surface area (Å²) in [5, 5.41) is 0. The van der Waals surface area contributed by atoms with Crippen molar-refractivity contribution in [3.05, 3.63) is 413 Å². The van der Waals surface area contributed by atoms with Gasteiger partial charge in [-0.05, 0) is 485 Å². The van der Waals surface area contributed by atoms with Gasteiger partial charge in [0.05, 0.1) is 0 Å². The second-order valence-electron chi connectivity index (χ2n) is 38.6. The monoisotopic (exact) mass is 1870 g/mol. The van der Waals surface area contributed by atoms with E-state index in [1.165, 1.54) is 267 Å². The molecule has 17 rings (SSSR count). The van der Waals surface area contributed by atoms with Crippen LogP contribution in [-0.4, -0.2) is 0 Å². The van der Waals surface area contributed by atoms with Gasteiger partial charge in [0, 0.05) is 59.2 Å². The van der Waals surface area contributed by atoms with Crippen molar-refractivity contribution in [2.75, 3.05) is 0 Å². The fraction of sp³-hybridized carbons (Fsp3) is 0.482. The van der Waals surface area contributed by atoms with Crippen LogP contribution >= 0.6 is 0 Å². The highest BCUT2D eigenvalue weighted by Gasteiger charge is 2.40. The van der Waals surface area contributed by atoms with Crippen LogP contribution in [-0.2, 0) is 12.8 Å². The van der Waals surface area contributed by atoms with E-state index in [0.29, 0.717) is 0 Å². The van der Waals surface area contributed by atoms with Crippen LogP contribution in [0.4, 0.5) is 0 Å². The molecule has 12 aromatic rings. The van der Waals surface area contributed by atoms with Gasteiger partial charge in [-0.25, -0.2) is 0 Å². The van der Waals surface area contributed by atoms with Gasteiger partial charge in [-0.15, -0.1) is 0 Å².